The first-order chi connectivity index (χ1) is 24.1. The zero-order chi connectivity index (χ0) is 32.7. The van der Waals surface area contributed by atoms with Gasteiger partial charge in [0.05, 0.1) is 22.1 Å². The minimum atomic E-state index is -0.118. The third kappa shape index (κ3) is 4.14. The summed E-state index contributed by atoms with van der Waals surface area (Å²) in [6.45, 7) is 4.74. The van der Waals surface area contributed by atoms with Crippen LogP contribution in [0.4, 0.5) is 0 Å². The molecule has 0 N–H and O–H groups in total. The molecule has 2 aromatic heterocycles. The topological polar surface area (TPSA) is 9.86 Å². The predicted molar refractivity (Wildman–Crippen MR) is 208 cm³/mol. The molecule has 2 nitrogen and oxygen atoms in total. The normalized spacial score (nSPS) is 13.6. The molecule has 1 aliphatic carbocycles. The van der Waals surface area contributed by atoms with Crippen molar-refractivity contribution >= 4 is 55.8 Å². The molecule has 0 saturated heterocycles. The van der Waals surface area contributed by atoms with Crippen LogP contribution in [0.2, 0.25) is 0 Å². The zero-order valence-electron chi connectivity index (χ0n) is 27.6. The molecule has 1 aliphatic rings. The van der Waals surface area contributed by atoms with Crippen LogP contribution < -0.4 is 0 Å². The van der Waals surface area contributed by atoms with Crippen molar-refractivity contribution in [2.75, 3.05) is 0 Å². The molecule has 0 amide bonds. The molecule has 0 spiro atoms. The molecule has 0 saturated carbocycles. The van der Waals surface area contributed by atoms with Gasteiger partial charge in [0.15, 0.2) is 0 Å². The second-order valence-electron chi connectivity index (χ2n) is 13.8. The summed E-state index contributed by atoms with van der Waals surface area (Å²) in [5.41, 5.74) is 15.0. The molecular weight excluding hydrogens is 593 g/mol. The number of nitrogens with zero attached hydrogens (tertiary/aromatic N) is 2. The first-order valence-electron chi connectivity index (χ1n) is 17.1. The fourth-order valence-corrected chi connectivity index (χ4v) is 8.31. The van der Waals surface area contributed by atoms with Crippen LogP contribution in [0.3, 0.4) is 0 Å². The lowest BCUT2D eigenvalue weighted by molar-refractivity contribution is 0.659. The SMILES string of the molecule is CC1(C)c2cc(C=Cc3ccc(-n4c5ccccc5c5ccccc54)cc3)ccc2-c2ccc(-n3c4ccccc4c4ccccc43)cc21. The maximum absolute atomic E-state index is 2.42. The Morgan fingerprint density at radius 2 is 0.776 bits per heavy atom. The van der Waals surface area contributed by atoms with Crippen LogP contribution in [0.5, 0.6) is 0 Å². The van der Waals surface area contributed by atoms with Crippen molar-refractivity contribution in [1.82, 2.24) is 9.13 Å². The number of aromatic nitrogens is 2. The fourth-order valence-electron chi connectivity index (χ4n) is 8.31. The van der Waals surface area contributed by atoms with Crippen molar-refractivity contribution in [3.05, 3.63) is 180 Å². The predicted octanol–water partition coefficient (Wildman–Crippen LogP) is 12.4. The highest BCUT2D eigenvalue weighted by atomic mass is 15.0. The minimum absolute atomic E-state index is 0.118. The van der Waals surface area contributed by atoms with Gasteiger partial charge in [-0.25, -0.2) is 0 Å². The van der Waals surface area contributed by atoms with E-state index in [1.165, 1.54) is 88.4 Å². The van der Waals surface area contributed by atoms with Crippen molar-refractivity contribution in [2.24, 2.45) is 0 Å². The zero-order valence-corrected chi connectivity index (χ0v) is 27.6. The Labute approximate surface area is 285 Å². The lowest BCUT2D eigenvalue weighted by atomic mass is 9.82. The lowest BCUT2D eigenvalue weighted by Gasteiger charge is -2.22. The summed E-state index contributed by atoms with van der Waals surface area (Å²) in [5, 5.41) is 5.15. The van der Waals surface area contributed by atoms with Crippen molar-refractivity contribution < 1.29 is 0 Å². The van der Waals surface area contributed by atoms with Crippen molar-refractivity contribution in [2.45, 2.75) is 19.3 Å². The number of benzene rings is 7. The Balaban J connectivity index is 0.979. The highest BCUT2D eigenvalue weighted by molar-refractivity contribution is 6.10. The van der Waals surface area contributed by atoms with E-state index in [4.69, 9.17) is 0 Å². The summed E-state index contributed by atoms with van der Waals surface area (Å²) in [7, 11) is 0. The summed E-state index contributed by atoms with van der Waals surface area (Å²) in [6, 6.07) is 57.7. The smallest absolute Gasteiger partial charge is 0.0541 e. The van der Waals surface area contributed by atoms with Crippen molar-refractivity contribution in [3.8, 4) is 22.5 Å². The number of fused-ring (bicyclic) bond motifs is 9. The van der Waals surface area contributed by atoms with Gasteiger partial charge >= 0.3 is 0 Å². The molecule has 0 bridgehead atoms. The third-order valence-electron chi connectivity index (χ3n) is 10.7. The first kappa shape index (κ1) is 27.9. The van der Waals surface area contributed by atoms with E-state index in [0.29, 0.717) is 0 Å². The maximum atomic E-state index is 2.42. The molecule has 9 aromatic rings. The van der Waals surface area contributed by atoms with Crippen LogP contribution in [0.15, 0.2) is 158 Å². The highest BCUT2D eigenvalue weighted by Crippen LogP contribution is 2.50. The van der Waals surface area contributed by atoms with E-state index >= 15 is 0 Å². The van der Waals surface area contributed by atoms with Crippen LogP contribution in [0.25, 0.3) is 78.3 Å². The van der Waals surface area contributed by atoms with Gasteiger partial charge in [0.25, 0.3) is 0 Å². The number of para-hydroxylation sites is 4. The van der Waals surface area contributed by atoms with Crippen LogP contribution in [0, 0.1) is 0 Å². The van der Waals surface area contributed by atoms with Gasteiger partial charge in [0, 0.05) is 38.3 Å². The molecule has 2 heterocycles. The van der Waals surface area contributed by atoms with Crippen LogP contribution in [-0.4, -0.2) is 9.13 Å². The van der Waals surface area contributed by atoms with E-state index in [1.807, 2.05) is 0 Å². The quantitative estimate of drug-likeness (QED) is 0.172. The van der Waals surface area contributed by atoms with E-state index in [-0.39, 0.29) is 5.41 Å². The van der Waals surface area contributed by atoms with Gasteiger partial charge in [-0.2, -0.15) is 0 Å². The second-order valence-corrected chi connectivity index (χ2v) is 13.8. The summed E-state index contributed by atoms with van der Waals surface area (Å²) in [4.78, 5) is 0. The van der Waals surface area contributed by atoms with Gasteiger partial charge in [-0.05, 0) is 81.9 Å². The van der Waals surface area contributed by atoms with E-state index in [9.17, 15) is 0 Å². The molecule has 0 atom stereocenters. The van der Waals surface area contributed by atoms with Crippen LogP contribution in [0.1, 0.15) is 36.1 Å². The van der Waals surface area contributed by atoms with Gasteiger partial charge in [-0.1, -0.05) is 135 Å². The summed E-state index contributed by atoms with van der Waals surface area (Å²) in [5.74, 6) is 0. The van der Waals surface area contributed by atoms with E-state index < -0.39 is 0 Å². The maximum Gasteiger partial charge on any atom is 0.0541 e. The molecule has 7 aromatic carbocycles. The van der Waals surface area contributed by atoms with Gasteiger partial charge in [-0.3, -0.25) is 0 Å². The molecule has 232 valence electrons. The summed E-state index contributed by atoms with van der Waals surface area (Å²) < 4.78 is 4.79. The number of hydrogen-bond acceptors (Lipinski definition) is 0. The van der Waals surface area contributed by atoms with Crippen LogP contribution >= 0.6 is 0 Å². The van der Waals surface area contributed by atoms with E-state index in [0.717, 1.165) is 0 Å². The van der Waals surface area contributed by atoms with Crippen LogP contribution in [-0.2, 0) is 5.41 Å². The Kier molecular flexibility index (Phi) is 5.95. The summed E-state index contributed by atoms with van der Waals surface area (Å²) in [6.07, 6.45) is 4.48. The first-order valence-corrected chi connectivity index (χ1v) is 17.1. The Morgan fingerprint density at radius 1 is 0.388 bits per heavy atom. The molecule has 0 aliphatic heterocycles. The largest absolute Gasteiger partial charge is 0.309 e. The third-order valence-corrected chi connectivity index (χ3v) is 10.7. The van der Waals surface area contributed by atoms with Gasteiger partial charge in [-0.15, -0.1) is 0 Å². The second kappa shape index (κ2) is 10.4. The molecule has 49 heavy (non-hydrogen) atoms. The minimum Gasteiger partial charge on any atom is -0.309 e. The Morgan fingerprint density at radius 3 is 1.31 bits per heavy atom. The average molecular weight is 627 g/mol. The number of rotatable bonds is 4. The number of hydrogen-bond donors (Lipinski definition) is 0. The van der Waals surface area contributed by atoms with Crippen molar-refractivity contribution in [1.29, 1.82) is 0 Å². The van der Waals surface area contributed by atoms with Gasteiger partial charge in [0.1, 0.15) is 0 Å². The van der Waals surface area contributed by atoms with Crippen molar-refractivity contribution in [3.63, 3.8) is 0 Å². The standard InChI is InChI=1S/C47H34N2/c1-47(2)41-29-32(20-19-31-21-24-33(25-22-31)48-43-15-7-3-11-37(43)38-12-4-8-16-44(38)48)23-27-35(41)36-28-26-34(30-42(36)47)49-45-17-9-5-13-39(45)40-14-6-10-18-46(40)49/h3-30H,1-2H3. The molecule has 10 rings (SSSR count). The molecular formula is C47H34N2. The van der Waals surface area contributed by atoms with Gasteiger partial charge in [0.2, 0.25) is 0 Å². The highest BCUT2D eigenvalue weighted by Gasteiger charge is 2.36. The van der Waals surface area contributed by atoms with Gasteiger partial charge < -0.3 is 9.13 Å². The van der Waals surface area contributed by atoms with E-state index in [1.54, 1.807) is 0 Å². The molecule has 0 radical (unpaired) electrons. The Bertz CT molecular complexity index is 2680. The lowest BCUT2D eigenvalue weighted by Crippen LogP contribution is -2.15. The summed E-state index contributed by atoms with van der Waals surface area (Å²) >= 11 is 0. The molecule has 0 unspecified atom stereocenters. The fraction of sp³-hybridized carbons (Fsp3) is 0.0638. The Hall–Kier alpha value is -6.12. The molecule has 2 heteroatoms. The monoisotopic (exact) mass is 626 g/mol. The van der Waals surface area contributed by atoms with E-state index in [2.05, 4.69) is 193 Å². The molecule has 0 fully saturated rings. The average Bonchev–Trinajstić information content (AvgIpc) is 3.74.